The van der Waals surface area contributed by atoms with Crippen LogP contribution in [0.15, 0.2) is 18.2 Å². The zero-order valence-corrected chi connectivity index (χ0v) is 12.0. The lowest BCUT2D eigenvalue weighted by Crippen LogP contribution is -2.36. The lowest BCUT2D eigenvalue weighted by molar-refractivity contribution is 0.0973. The summed E-state index contributed by atoms with van der Waals surface area (Å²) in [4.78, 5) is 19.1. The van der Waals surface area contributed by atoms with Crippen molar-refractivity contribution < 1.29 is 9.90 Å². The Labute approximate surface area is 123 Å². The summed E-state index contributed by atoms with van der Waals surface area (Å²) >= 11 is 0. The quantitative estimate of drug-likeness (QED) is 0.914. The van der Waals surface area contributed by atoms with Gasteiger partial charge in [-0.05, 0) is 30.9 Å². The van der Waals surface area contributed by atoms with Gasteiger partial charge in [0.25, 0.3) is 0 Å². The molecule has 0 bridgehead atoms. The molecular weight excluding hydrogens is 266 g/mol. The maximum Gasteiger partial charge on any atom is 0.206 e. The molecule has 1 aromatic heterocycles. The third kappa shape index (κ3) is 1.95. The zero-order chi connectivity index (χ0) is 14.4. The summed E-state index contributed by atoms with van der Waals surface area (Å²) in [6.07, 6.45) is 2.57. The average molecular weight is 285 g/mol. The largest absolute Gasteiger partial charge is 0.396 e. The van der Waals surface area contributed by atoms with E-state index < -0.39 is 0 Å². The van der Waals surface area contributed by atoms with Crippen molar-refractivity contribution in [3.63, 3.8) is 0 Å². The Morgan fingerprint density at radius 1 is 1.24 bits per heavy atom. The van der Waals surface area contributed by atoms with E-state index in [2.05, 4.69) is 9.47 Å². The normalized spacial score (nSPS) is 19.5. The molecule has 0 saturated carbocycles. The van der Waals surface area contributed by atoms with Crippen LogP contribution in [0.1, 0.15) is 29.6 Å². The summed E-state index contributed by atoms with van der Waals surface area (Å²) in [5.74, 6) is 1.63. The fourth-order valence-corrected chi connectivity index (χ4v) is 3.52. The third-order valence-electron chi connectivity index (χ3n) is 4.76. The Hall–Kier alpha value is -1.88. The van der Waals surface area contributed by atoms with Crippen molar-refractivity contribution >= 4 is 22.8 Å². The van der Waals surface area contributed by atoms with Gasteiger partial charge in [0.05, 0.1) is 11.0 Å². The number of piperidine rings is 1. The van der Waals surface area contributed by atoms with Crippen LogP contribution in [0.4, 0.5) is 5.95 Å². The van der Waals surface area contributed by atoms with Gasteiger partial charge in [0, 0.05) is 38.2 Å². The van der Waals surface area contributed by atoms with E-state index in [9.17, 15) is 9.90 Å². The fraction of sp³-hybridized carbons (Fsp3) is 0.500. The number of aliphatic hydroxyl groups excluding tert-OH is 1. The lowest BCUT2D eigenvalue weighted by atomic mass is 9.98. The van der Waals surface area contributed by atoms with Gasteiger partial charge in [0.1, 0.15) is 0 Å². The van der Waals surface area contributed by atoms with Crippen molar-refractivity contribution in [1.82, 2.24) is 9.55 Å². The molecule has 1 N–H and O–H groups in total. The van der Waals surface area contributed by atoms with E-state index in [1.807, 2.05) is 18.2 Å². The van der Waals surface area contributed by atoms with Crippen LogP contribution < -0.4 is 4.90 Å². The van der Waals surface area contributed by atoms with Crippen molar-refractivity contribution in [2.24, 2.45) is 5.92 Å². The third-order valence-corrected chi connectivity index (χ3v) is 4.76. The van der Waals surface area contributed by atoms with Crippen LogP contribution in [-0.2, 0) is 6.54 Å². The van der Waals surface area contributed by atoms with Gasteiger partial charge in [-0.1, -0.05) is 6.07 Å². The molecule has 1 aromatic carbocycles. The molecule has 0 spiro atoms. The number of nitrogens with zero attached hydrogens (tertiary/aromatic N) is 3. The van der Waals surface area contributed by atoms with Gasteiger partial charge >= 0.3 is 0 Å². The highest BCUT2D eigenvalue weighted by molar-refractivity contribution is 6.08. The van der Waals surface area contributed by atoms with Gasteiger partial charge in [-0.2, -0.15) is 0 Å². The van der Waals surface area contributed by atoms with E-state index in [1.165, 1.54) is 0 Å². The Morgan fingerprint density at radius 3 is 2.81 bits per heavy atom. The standard InChI is InChI=1S/C16H19N3O2/c20-10-11-4-7-18(8-5-11)16-17-13-3-1-2-12-14(21)6-9-19(16)15(12)13/h1-3,11,20H,4-10H2. The molecule has 4 rings (SSSR count). The van der Waals surface area contributed by atoms with Crippen LogP contribution in [0.3, 0.4) is 0 Å². The number of Topliss-reactive ketones (excluding diaryl/α,β-unsaturated/α-hetero) is 1. The number of hydrogen-bond acceptors (Lipinski definition) is 4. The Kier molecular flexibility index (Phi) is 2.96. The number of carbonyl (C=O) groups is 1. The second kappa shape index (κ2) is 4.84. The summed E-state index contributed by atoms with van der Waals surface area (Å²) in [5.41, 5.74) is 2.72. The van der Waals surface area contributed by atoms with Crippen molar-refractivity contribution in [1.29, 1.82) is 0 Å². The summed E-state index contributed by atoms with van der Waals surface area (Å²) in [5, 5.41) is 9.26. The number of aliphatic hydroxyl groups is 1. The number of carbonyl (C=O) groups excluding carboxylic acids is 1. The summed E-state index contributed by atoms with van der Waals surface area (Å²) in [7, 11) is 0. The molecule has 1 saturated heterocycles. The molecule has 0 unspecified atom stereocenters. The van der Waals surface area contributed by atoms with Crippen molar-refractivity contribution in [3.8, 4) is 0 Å². The summed E-state index contributed by atoms with van der Waals surface area (Å²) in [6, 6.07) is 5.81. The van der Waals surface area contributed by atoms with Crippen molar-refractivity contribution in [2.75, 3.05) is 24.6 Å². The van der Waals surface area contributed by atoms with Crippen LogP contribution >= 0.6 is 0 Å². The Balaban J connectivity index is 1.76. The highest BCUT2D eigenvalue weighted by Gasteiger charge is 2.27. The molecule has 2 aliphatic rings. The molecule has 110 valence electrons. The predicted octanol–water partition coefficient (Wildman–Crippen LogP) is 1.83. The molecule has 0 atom stereocenters. The number of para-hydroxylation sites is 1. The second-order valence-corrected chi connectivity index (χ2v) is 6.02. The number of aryl methyl sites for hydroxylation is 1. The topological polar surface area (TPSA) is 58.4 Å². The minimum atomic E-state index is 0.221. The fourth-order valence-electron chi connectivity index (χ4n) is 3.52. The van der Waals surface area contributed by atoms with Gasteiger partial charge in [0.15, 0.2) is 5.78 Å². The van der Waals surface area contributed by atoms with E-state index >= 15 is 0 Å². The minimum Gasteiger partial charge on any atom is -0.396 e. The molecule has 3 heterocycles. The van der Waals surface area contributed by atoms with Gasteiger partial charge in [-0.3, -0.25) is 4.79 Å². The molecular formula is C16H19N3O2. The maximum atomic E-state index is 12.1. The first-order valence-electron chi connectivity index (χ1n) is 7.66. The van der Waals surface area contributed by atoms with Crippen LogP contribution in [-0.4, -0.2) is 40.1 Å². The van der Waals surface area contributed by atoms with E-state index in [0.29, 0.717) is 12.3 Å². The Morgan fingerprint density at radius 2 is 2.05 bits per heavy atom. The first-order chi connectivity index (χ1) is 10.3. The molecule has 0 aliphatic carbocycles. The summed E-state index contributed by atoms with van der Waals surface area (Å²) < 4.78 is 2.20. The van der Waals surface area contributed by atoms with E-state index in [4.69, 9.17) is 4.98 Å². The number of ketones is 1. The maximum absolute atomic E-state index is 12.1. The summed E-state index contributed by atoms with van der Waals surface area (Å²) in [6.45, 7) is 2.86. The van der Waals surface area contributed by atoms with E-state index in [0.717, 1.165) is 55.0 Å². The zero-order valence-electron chi connectivity index (χ0n) is 12.0. The van der Waals surface area contributed by atoms with Gasteiger partial charge in [-0.15, -0.1) is 0 Å². The highest BCUT2D eigenvalue weighted by Crippen LogP contribution is 2.31. The molecule has 5 nitrogen and oxygen atoms in total. The van der Waals surface area contributed by atoms with Crippen LogP contribution in [0.2, 0.25) is 0 Å². The average Bonchev–Trinajstić information content (AvgIpc) is 2.91. The molecule has 2 aromatic rings. The Bertz CT molecular complexity index is 699. The minimum absolute atomic E-state index is 0.221. The predicted molar refractivity (Wildman–Crippen MR) is 80.7 cm³/mol. The highest BCUT2D eigenvalue weighted by atomic mass is 16.3. The number of aromatic nitrogens is 2. The van der Waals surface area contributed by atoms with Gasteiger partial charge in [-0.25, -0.2) is 4.98 Å². The number of benzene rings is 1. The SMILES string of the molecule is O=C1CCn2c(N3CCC(CO)CC3)nc3cccc1c32. The molecule has 21 heavy (non-hydrogen) atoms. The molecule has 0 amide bonds. The molecule has 1 fully saturated rings. The second-order valence-electron chi connectivity index (χ2n) is 6.02. The first-order valence-corrected chi connectivity index (χ1v) is 7.66. The molecule has 2 aliphatic heterocycles. The van der Waals surface area contributed by atoms with Crippen LogP contribution in [0.25, 0.3) is 11.0 Å². The lowest BCUT2D eigenvalue weighted by Gasteiger charge is -2.32. The molecule has 0 radical (unpaired) electrons. The molecule has 5 heteroatoms. The van der Waals surface area contributed by atoms with Gasteiger partial charge in [0.2, 0.25) is 5.95 Å². The smallest absolute Gasteiger partial charge is 0.206 e. The van der Waals surface area contributed by atoms with Crippen molar-refractivity contribution in [3.05, 3.63) is 23.8 Å². The number of imidazole rings is 1. The van der Waals surface area contributed by atoms with Gasteiger partial charge < -0.3 is 14.6 Å². The van der Waals surface area contributed by atoms with E-state index in [1.54, 1.807) is 0 Å². The monoisotopic (exact) mass is 285 g/mol. The van der Waals surface area contributed by atoms with Crippen LogP contribution in [0, 0.1) is 5.92 Å². The number of anilines is 1. The van der Waals surface area contributed by atoms with Crippen molar-refractivity contribution in [2.45, 2.75) is 25.8 Å². The van der Waals surface area contributed by atoms with E-state index in [-0.39, 0.29) is 12.4 Å². The first kappa shape index (κ1) is 12.8. The van der Waals surface area contributed by atoms with Crippen LogP contribution in [0.5, 0.6) is 0 Å². The number of rotatable bonds is 2. The number of hydrogen-bond donors (Lipinski definition) is 1.